The summed E-state index contributed by atoms with van der Waals surface area (Å²) in [6.07, 6.45) is 2.16. The van der Waals surface area contributed by atoms with Crippen molar-refractivity contribution in [1.29, 1.82) is 0 Å². The van der Waals surface area contributed by atoms with E-state index in [0.29, 0.717) is 25.7 Å². The molecule has 1 saturated heterocycles. The van der Waals surface area contributed by atoms with Gasteiger partial charge in [-0.05, 0) is 58.4 Å². The molecule has 288 valence electrons. The number of hydrogen-bond acceptors (Lipinski definition) is 11. The molecule has 0 aromatic heterocycles. The van der Waals surface area contributed by atoms with Crippen LogP contribution in [0.4, 0.5) is 0 Å². The number of nitrogens with two attached hydrogens (primary N) is 6. The van der Waals surface area contributed by atoms with Gasteiger partial charge in [-0.3, -0.25) is 38.9 Å². The Morgan fingerprint density at radius 3 is 1.57 bits per heavy atom. The minimum Gasteiger partial charge on any atom is -0.394 e. The van der Waals surface area contributed by atoms with E-state index in [4.69, 9.17) is 34.4 Å². The second-order valence-corrected chi connectivity index (χ2v) is 11.7. The largest absolute Gasteiger partial charge is 0.394 e. The lowest BCUT2D eigenvalue weighted by molar-refractivity contribution is -0.139. The normalized spacial score (nSPS) is 16.0. The summed E-state index contributed by atoms with van der Waals surface area (Å²) < 4.78 is 0. The molecule has 5 atom stereocenters. The van der Waals surface area contributed by atoms with Crippen molar-refractivity contribution in [3.05, 3.63) is 0 Å². The molecule has 0 radical (unpaired) electrons. The average molecular weight is 726 g/mol. The van der Waals surface area contributed by atoms with Gasteiger partial charge in [0.1, 0.15) is 36.5 Å². The molecule has 0 aliphatic carbocycles. The van der Waals surface area contributed by atoms with Crippen LogP contribution in [0, 0.1) is 0 Å². The minimum atomic E-state index is -1.25. The molecule has 1 aliphatic heterocycles. The zero-order chi connectivity index (χ0) is 38.3. The number of rotatable bonds is 24. The van der Waals surface area contributed by atoms with Crippen LogP contribution in [0.3, 0.4) is 0 Å². The van der Waals surface area contributed by atoms with Crippen molar-refractivity contribution in [2.75, 3.05) is 46.4 Å². The fraction of sp³-hybridized carbons (Fsp3) is 0.690. The topological polar surface area (TPSA) is 379 Å². The predicted octanol–water partition coefficient (Wildman–Crippen LogP) is -6.51. The van der Waals surface area contributed by atoms with Gasteiger partial charge in [-0.25, -0.2) is 0 Å². The first-order valence-corrected chi connectivity index (χ1v) is 16.6. The Morgan fingerprint density at radius 2 is 1.18 bits per heavy atom. The molecule has 0 saturated carbocycles. The summed E-state index contributed by atoms with van der Waals surface area (Å²) in [5, 5.41) is 22.5. The fourth-order valence-electron chi connectivity index (χ4n) is 5.13. The van der Waals surface area contributed by atoms with Crippen molar-refractivity contribution in [1.82, 2.24) is 31.5 Å². The van der Waals surface area contributed by atoms with E-state index in [-0.39, 0.29) is 88.5 Å². The van der Waals surface area contributed by atoms with Crippen LogP contribution in [0.5, 0.6) is 0 Å². The third-order valence-electron chi connectivity index (χ3n) is 7.63. The smallest absolute Gasteiger partial charge is 0.243 e. The summed E-state index contributed by atoms with van der Waals surface area (Å²) in [6.45, 7) is 0.117. The fourth-order valence-corrected chi connectivity index (χ4v) is 5.13. The van der Waals surface area contributed by atoms with Gasteiger partial charge in [0.25, 0.3) is 0 Å². The van der Waals surface area contributed by atoms with Gasteiger partial charge in [0.15, 0.2) is 17.9 Å². The maximum atomic E-state index is 13.8. The maximum absolute atomic E-state index is 13.8. The van der Waals surface area contributed by atoms with Crippen molar-refractivity contribution in [2.24, 2.45) is 49.4 Å². The Kier molecular flexibility index (Phi) is 20.6. The van der Waals surface area contributed by atoms with Crippen LogP contribution >= 0.6 is 0 Å². The van der Waals surface area contributed by atoms with Crippen LogP contribution in [0.15, 0.2) is 15.0 Å². The van der Waals surface area contributed by atoms with Crippen LogP contribution < -0.4 is 61.0 Å². The summed E-state index contributed by atoms with van der Waals surface area (Å²) in [5.74, 6) is -3.58. The monoisotopic (exact) mass is 725 g/mol. The van der Waals surface area contributed by atoms with Gasteiger partial charge >= 0.3 is 0 Å². The summed E-state index contributed by atoms with van der Waals surface area (Å²) >= 11 is 0. The van der Waals surface area contributed by atoms with Crippen molar-refractivity contribution < 1.29 is 33.9 Å². The number of nitrogens with zero attached hydrogens (tertiary/aromatic N) is 4. The highest BCUT2D eigenvalue weighted by molar-refractivity contribution is 5.96. The first kappa shape index (κ1) is 43.8. The molecule has 0 bridgehead atoms. The van der Waals surface area contributed by atoms with Gasteiger partial charge in [0.2, 0.25) is 29.5 Å². The molecular formula is C29H55N15O7. The summed E-state index contributed by atoms with van der Waals surface area (Å²) in [4.78, 5) is 91.0. The van der Waals surface area contributed by atoms with Gasteiger partial charge in [-0.2, -0.15) is 0 Å². The van der Waals surface area contributed by atoms with Crippen LogP contribution in [0.25, 0.3) is 0 Å². The van der Waals surface area contributed by atoms with E-state index in [1.165, 1.54) is 4.90 Å². The standard InChI is InChI=1S/C29H55N15O7/c1-36-14-22(47)44-13-5-9-21(44)26(51)43-20(8-4-12-39-29(34)35)25(50)42-19(7-3-11-38-28(32)33)24(49)41-18(6-2-10-37-27(30)31)23(48)40-17(15-45)16-46/h15,17-21,36,46H,2-14,16H2,1H3,(H,40,48)(H,41,49)(H,42,50)(H,43,51)(H4,30,31,37)(H4,32,33,38)(H4,34,35,39)/t17-,18+,19+,20+,21+/m1/s1. The molecule has 1 rings (SSSR count). The minimum absolute atomic E-state index is 0.00782. The maximum Gasteiger partial charge on any atom is 0.243 e. The van der Waals surface area contributed by atoms with E-state index >= 15 is 0 Å². The van der Waals surface area contributed by atoms with Crippen molar-refractivity contribution >= 4 is 53.7 Å². The van der Waals surface area contributed by atoms with Crippen molar-refractivity contribution in [2.45, 2.75) is 81.6 Å². The lowest BCUT2D eigenvalue weighted by Gasteiger charge is -2.28. The third-order valence-corrected chi connectivity index (χ3v) is 7.63. The first-order chi connectivity index (χ1) is 24.2. The molecule has 0 aromatic rings. The molecule has 1 fully saturated rings. The molecule has 0 unspecified atom stereocenters. The molecule has 1 aliphatic rings. The number of guanidine groups is 3. The molecule has 22 heteroatoms. The molecule has 51 heavy (non-hydrogen) atoms. The van der Waals surface area contributed by atoms with Crippen molar-refractivity contribution in [3.63, 3.8) is 0 Å². The van der Waals surface area contributed by atoms with E-state index < -0.39 is 60.4 Å². The predicted molar refractivity (Wildman–Crippen MR) is 189 cm³/mol. The third kappa shape index (κ3) is 17.3. The first-order valence-electron chi connectivity index (χ1n) is 16.6. The number of nitrogens with one attached hydrogen (secondary N) is 5. The van der Waals surface area contributed by atoms with Gasteiger partial charge in [-0.1, -0.05) is 0 Å². The molecule has 0 aromatic carbocycles. The van der Waals surface area contributed by atoms with Crippen LogP contribution in [-0.2, 0) is 28.8 Å². The van der Waals surface area contributed by atoms with Crippen LogP contribution in [-0.4, -0.2) is 140 Å². The zero-order valence-electron chi connectivity index (χ0n) is 29.0. The van der Waals surface area contributed by atoms with Gasteiger partial charge in [0, 0.05) is 26.2 Å². The summed E-state index contributed by atoms with van der Waals surface area (Å²) in [7, 11) is 1.61. The highest BCUT2D eigenvalue weighted by atomic mass is 16.3. The Labute approximate surface area is 296 Å². The average Bonchev–Trinajstić information content (AvgIpc) is 3.57. The zero-order valence-corrected chi connectivity index (χ0v) is 29.0. The quantitative estimate of drug-likeness (QED) is 0.0191. The van der Waals surface area contributed by atoms with E-state index in [2.05, 4.69) is 41.6 Å². The van der Waals surface area contributed by atoms with Gasteiger partial charge in [0.05, 0.1) is 13.2 Å². The Balaban J connectivity index is 3.30. The number of aliphatic hydroxyl groups excluding tert-OH is 1. The van der Waals surface area contributed by atoms with Crippen molar-refractivity contribution in [3.8, 4) is 0 Å². The number of likely N-dealkylation sites (N-methyl/N-ethyl adjacent to an activating group) is 1. The van der Waals surface area contributed by atoms with E-state index in [9.17, 15) is 33.9 Å². The summed E-state index contributed by atoms with van der Waals surface area (Å²) in [5.41, 5.74) is 32.4. The van der Waals surface area contributed by atoms with Crippen LogP contribution in [0.1, 0.15) is 51.4 Å². The Bertz CT molecular complexity index is 1250. The number of aliphatic hydroxyl groups is 1. The highest BCUT2D eigenvalue weighted by Gasteiger charge is 2.36. The van der Waals surface area contributed by atoms with E-state index in [1.807, 2.05) is 0 Å². The number of amides is 5. The second-order valence-electron chi connectivity index (χ2n) is 11.7. The lowest BCUT2D eigenvalue weighted by Crippen LogP contribution is -2.58. The second kappa shape index (κ2) is 24.0. The SMILES string of the molecule is CNCC(=O)N1CCC[C@H]1C(=O)N[C@@H](CCCN=C(N)N)C(=O)N[C@@H](CCCN=C(N)N)C(=O)N[C@@H](CCCN=C(N)N)C(=O)N[C@H](C=O)CO. The van der Waals surface area contributed by atoms with E-state index in [0.717, 1.165) is 0 Å². The van der Waals surface area contributed by atoms with Gasteiger partial charge < -0.3 is 75.8 Å². The Hall–Kier alpha value is -5.25. The van der Waals surface area contributed by atoms with E-state index in [1.54, 1.807) is 7.05 Å². The molecule has 18 N–H and O–H groups in total. The molecule has 1 heterocycles. The lowest BCUT2D eigenvalue weighted by atomic mass is 10.0. The number of likely N-dealkylation sites (tertiary alicyclic amines) is 1. The molecular weight excluding hydrogens is 670 g/mol. The number of aliphatic imine (C=N–C) groups is 3. The molecule has 0 spiro atoms. The highest BCUT2D eigenvalue weighted by Crippen LogP contribution is 2.18. The number of hydrogen-bond donors (Lipinski definition) is 12. The number of aldehydes is 1. The van der Waals surface area contributed by atoms with Crippen LogP contribution in [0.2, 0.25) is 0 Å². The molecule has 5 amide bonds. The van der Waals surface area contributed by atoms with Gasteiger partial charge in [-0.15, -0.1) is 0 Å². The Morgan fingerprint density at radius 1 is 0.745 bits per heavy atom. The molecule has 22 nitrogen and oxygen atoms in total. The number of carbonyl (C=O) groups excluding carboxylic acids is 6. The number of carbonyl (C=O) groups is 6. The summed E-state index contributed by atoms with van der Waals surface area (Å²) in [6, 6.07) is -5.67.